The van der Waals surface area contributed by atoms with Crippen LogP contribution < -0.4 is 11.1 Å². The highest BCUT2D eigenvalue weighted by atomic mass is 79.9. The molecule has 0 aliphatic heterocycles. The fraction of sp³-hybridized carbons (Fsp3) is 0.167. The van der Waals surface area contributed by atoms with Crippen LogP contribution in [-0.2, 0) is 12.8 Å². The molecule has 1 aliphatic rings. The number of anilines is 2. The highest BCUT2D eigenvalue weighted by molar-refractivity contribution is 9.10. The Labute approximate surface area is 197 Å². The van der Waals surface area contributed by atoms with Gasteiger partial charge in [0.25, 0.3) is 5.91 Å². The van der Waals surface area contributed by atoms with Crippen molar-refractivity contribution in [2.45, 2.75) is 25.7 Å². The van der Waals surface area contributed by atoms with Crippen LogP contribution in [0.2, 0.25) is 5.02 Å². The molecule has 5 rings (SSSR count). The Bertz CT molecular complexity index is 1300. The molecular formula is C24H19BrClN3OS. The standard InChI is InChI=1S/C24H19BrClN3OS/c25-14-7-11-16(12-8-14)28-23(30)22-21(27)20-19(13-5-9-15(26)10-6-13)17-3-1-2-4-18(17)29-24(20)31-22/h5-12H,1-4,27H2,(H,28,30). The number of hydrogen-bond acceptors (Lipinski definition) is 4. The number of hydrogen-bond donors (Lipinski definition) is 2. The molecular weight excluding hydrogens is 494 g/mol. The highest BCUT2D eigenvalue weighted by Crippen LogP contribution is 2.44. The molecule has 1 aliphatic carbocycles. The smallest absolute Gasteiger partial charge is 0.267 e. The van der Waals surface area contributed by atoms with Crippen molar-refractivity contribution in [2.24, 2.45) is 0 Å². The Morgan fingerprint density at radius 2 is 1.77 bits per heavy atom. The molecule has 4 aromatic rings. The number of fused-ring (bicyclic) bond motifs is 2. The maximum atomic E-state index is 13.1. The normalized spacial score (nSPS) is 13.2. The van der Waals surface area contributed by atoms with Gasteiger partial charge in [0.1, 0.15) is 9.71 Å². The number of rotatable bonds is 3. The minimum absolute atomic E-state index is 0.220. The van der Waals surface area contributed by atoms with Crippen molar-refractivity contribution in [2.75, 3.05) is 11.1 Å². The second-order valence-electron chi connectivity index (χ2n) is 7.61. The molecule has 0 unspecified atom stereocenters. The molecule has 4 nitrogen and oxygen atoms in total. The Hall–Kier alpha value is -2.41. The number of halogens is 2. The summed E-state index contributed by atoms with van der Waals surface area (Å²) in [6.07, 6.45) is 4.17. The van der Waals surface area contributed by atoms with Crippen molar-refractivity contribution >= 4 is 66.4 Å². The summed E-state index contributed by atoms with van der Waals surface area (Å²) in [6.45, 7) is 0. The third kappa shape index (κ3) is 3.84. The second-order valence-corrected chi connectivity index (χ2v) is 9.96. The molecule has 0 fully saturated rings. The van der Waals surface area contributed by atoms with Crippen molar-refractivity contribution in [3.05, 3.63) is 74.2 Å². The van der Waals surface area contributed by atoms with Crippen LogP contribution in [0.4, 0.5) is 11.4 Å². The molecule has 156 valence electrons. The zero-order valence-electron chi connectivity index (χ0n) is 16.5. The summed E-state index contributed by atoms with van der Waals surface area (Å²) in [5.41, 5.74) is 12.3. The van der Waals surface area contributed by atoms with Gasteiger partial charge in [-0.1, -0.05) is 39.7 Å². The summed E-state index contributed by atoms with van der Waals surface area (Å²) in [5.74, 6) is -0.220. The van der Waals surface area contributed by atoms with Crippen LogP contribution in [0.1, 0.15) is 33.8 Å². The first kappa shape index (κ1) is 20.5. The molecule has 3 N–H and O–H groups in total. The Kier molecular flexibility index (Phi) is 5.46. The van der Waals surface area contributed by atoms with E-state index >= 15 is 0 Å². The number of nitrogens with one attached hydrogen (secondary N) is 1. The number of pyridine rings is 1. The number of nitrogens with two attached hydrogens (primary N) is 1. The molecule has 0 spiro atoms. The fourth-order valence-corrected chi connectivity index (χ4v) is 5.54. The Balaban J connectivity index is 1.66. The van der Waals surface area contributed by atoms with E-state index in [2.05, 4.69) is 21.2 Å². The van der Waals surface area contributed by atoms with Gasteiger partial charge in [-0.3, -0.25) is 4.79 Å². The number of benzene rings is 2. The van der Waals surface area contributed by atoms with Crippen LogP contribution >= 0.6 is 38.9 Å². The number of carbonyl (C=O) groups is 1. The van der Waals surface area contributed by atoms with Gasteiger partial charge in [0, 0.05) is 26.3 Å². The van der Waals surface area contributed by atoms with E-state index in [1.165, 1.54) is 16.9 Å². The van der Waals surface area contributed by atoms with Gasteiger partial charge in [-0.15, -0.1) is 11.3 Å². The average molecular weight is 513 g/mol. The monoisotopic (exact) mass is 511 g/mol. The van der Waals surface area contributed by atoms with E-state index in [1.54, 1.807) is 0 Å². The lowest BCUT2D eigenvalue weighted by Crippen LogP contribution is -2.12. The van der Waals surface area contributed by atoms with Gasteiger partial charge in [-0.2, -0.15) is 0 Å². The summed E-state index contributed by atoms with van der Waals surface area (Å²) in [5, 5.41) is 4.51. The Morgan fingerprint density at radius 3 is 2.52 bits per heavy atom. The summed E-state index contributed by atoms with van der Waals surface area (Å²) in [7, 11) is 0. The lowest BCUT2D eigenvalue weighted by atomic mass is 9.87. The SMILES string of the molecule is Nc1c(C(=O)Nc2ccc(Br)cc2)sc2nc3c(c(-c4ccc(Cl)cc4)c12)CCCC3. The molecule has 0 saturated heterocycles. The van der Waals surface area contributed by atoms with Crippen molar-refractivity contribution in [1.29, 1.82) is 0 Å². The zero-order chi connectivity index (χ0) is 21.5. The fourth-order valence-electron chi connectivity index (χ4n) is 4.13. The molecule has 0 radical (unpaired) electrons. The number of thiophene rings is 1. The van der Waals surface area contributed by atoms with Gasteiger partial charge < -0.3 is 11.1 Å². The van der Waals surface area contributed by atoms with Crippen LogP contribution in [0.15, 0.2) is 53.0 Å². The van der Waals surface area contributed by atoms with Crippen LogP contribution in [-0.4, -0.2) is 10.9 Å². The van der Waals surface area contributed by atoms with Crippen molar-refractivity contribution < 1.29 is 4.79 Å². The first-order valence-electron chi connectivity index (χ1n) is 10.1. The average Bonchev–Trinajstić information content (AvgIpc) is 3.10. The first-order valence-corrected chi connectivity index (χ1v) is 12.1. The highest BCUT2D eigenvalue weighted by Gasteiger charge is 2.25. The van der Waals surface area contributed by atoms with E-state index in [0.717, 1.165) is 62.9 Å². The number of carbonyl (C=O) groups excluding carboxylic acids is 1. The van der Waals surface area contributed by atoms with Crippen LogP contribution in [0.3, 0.4) is 0 Å². The summed E-state index contributed by atoms with van der Waals surface area (Å²) >= 11 is 10.9. The minimum Gasteiger partial charge on any atom is -0.397 e. The van der Waals surface area contributed by atoms with Crippen molar-refractivity contribution in [3.63, 3.8) is 0 Å². The van der Waals surface area contributed by atoms with Gasteiger partial charge >= 0.3 is 0 Å². The van der Waals surface area contributed by atoms with Crippen molar-refractivity contribution in [1.82, 2.24) is 4.98 Å². The maximum Gasteiger partial charge on any atom is 0.267 e. The van der Waals surface area contributed by atoms with E-state index in [-0.39, 0.29) is 5.91 Å². The first-order chi connectivity index (χ1) is 15.0. The van der Waals surface area contributed by atoms with Gasteiger partial charge in [0.15, 0.2) is 0 Å². The van der Waals surface area contributed by atoms with Gasteiger partial charge in [-0.25, -0.2) is 4.98 Å². The largest absolute Gasteiger partial charge is 0.397 e. The number of nitrogen functional groups attached to an aromatic ring is 1. The lowest BCUT2D eigenvalue weighted by molar-refractivity contribution is 0.103. The van der Waals surface area contributed by atoms with Gasteiger partial charge in [0.05, 0.1) is 5.69 Å². The van der Waals surface area contributed by atoms with E-state index in [4.69, 9.17) is 22.3 Å². The number of aromatic nitrogens is 1. The lowest BCUT2D eigenvalue weighted by Gasteiger charge is -2.20. The maximum absolute atomic E-state index is 13.1. The third-order valence-electron chi connectivity index (χ3n) is 5.59. The Morgan fingerprint density at radius 1 is 1.06 bits per heavy atom. The molecule has 2 aromatic carbocycles. The number of nitrogens with zero attached hydrogens (tertiary/aromatic N) is 1. The molecule has 0 atom stereocenters. The number of aryl methyl sites for hydroxylation is 1. The van der Waals surface area contributed by atoms with E-state index in [0.29, 0.717) is 15.6 Å². The molecule has 2 heterocycles. The molecule has 31 heavy (non-hydrogen) atoms. The number of amides is 1. The van der Waals surface area contributed by atoms with Crippen molar-refractivity contribution in [3.8, 4) is 11.1 Å². The van der Waals surface area contributed by atoms with Crippen LogP contribution in [0.5, 0.6) is 0 Å². The minimum atomic E-state index is -0.220. The predicted octanol–water partition coefficient (Wildman–Crippen LogP) is 7.09. The predicted molar refractivity (Wildman–Crippen MR) is 133 cm³/mol. The quantitative estimate of drug-likeness (QED) is 0.308. The second kappa shape index (κ2) is 8.26. The zero-order valence-corrected chi connectivity index (χ0v) is 19.7. The molecule has 2 aromatic heterocycles. The van der Waals surface area contributed by atoms with E-state index in [9.17, 15) is 4.79 Å². The van der Waals surface area contributed by atoms with Gasteiger partial charge in [-0.05, 0) is 78.8 Å². The van der Waals surface area contributed by atoms with Crippen LogP contribution in [0, 0.1) is 0 Å². The summed E-state index contributed by atoms with van der Waals surface area (Å²) < 4.78 is 0.953. The topological polar surface area (TPSA) is 68.0 Å². The molecule has 0 saturated carbocycles. The summed E-state index contributed by atoms with van der Waals surface area (Å²) in [4.78, 5) is 19.3. The molecule has 0 bridgehead atoms. The summed E-state index contributed by atoms with van der Waals surface area (Å²) in [6, 6.07) is 15.3. The third-order valence-corrected chi connectivity index (χ3v) is 7.47. The molecule has 1 amide bonds. The van der Waals surface area contributed by atoms with Crippen LogP contribution in [0.25, 0.3) is 21.3 Å². The van der Waals surface area contributed by atoms with Gasteiger partial charge in [0.2, 0.25) is 0 Å². The van der Waals surface area contributed by atoms with E-state index < -0.39 is 0 Å². The molecule has 7 heteroatoms. The van der Waals surface area contributed by atoms with E-state index in [1.807, 2.05) is 48.5 Å².